The fourth-order valence-electron chi connectivity index (χ4n) is 3.13. The Morgan fingerprint density at radius 2 is 1.83 bits per heavy atom. The monoisotopic (exact) mass is 440 g/mol. The maximum Gasteiger partial charge on any atom is 0.145 e. The molecule has 30 heavy (non-hydrogen) atoms. The minimum atomic E-state index is -0.591. The van der Waals surface area contributed by atoms with Crippen LogP contribution in [0.25, 0.3) is 0 Å². The average molecular weight is 441 g/mol. The number of rotatable bonds is 2. The minimum absolute atomic E-state index is 0.0742. The van der Waals surface area contributed by atoms with E-state index in [9.17, 15) is 13.2 Å². The van der Waals surface area contributed by atoms with Crippen LogP contribution < -0.4 is 11.1 Å². The maximum absolute atomic E-state index is 13.8. The lowest BCUT2D eigenvalue weighted by Crippen LogP contribution is -2.32. The zero-order chi connectivity index (χ0) is 22.1. The van der Waals surface area contributed by atoms with Crippen molar-refractivity contribution in [3.63, 3.8) is 0 Å². The van der Waals surface area contributed by atoms with Crippen molar-refractivity contribution in [3.05, 3.63) is 77.2 Å². The van der Waals surface area contributed by atoms with E-state index in [1.165, 1.54) is 18.3 Å². The van der Waals surface area contributed by atoms with Crippen molar-refractivity contribution in [1.82, 2.24) is 4.90 Å². The Hall–Kier alpha value is -2.87. The van der Waals surface area contributed by atoms with Crippen LogP contribution in [0.1, 0.15) is 17.9 Å². The smallest absolute Gasteiger partial charge is 0.145 e. The van der Waals surface area contributed by atoms with E-state index < -0.39 is 11.6 Å². The molecule has 0 aliphatic carbocycles. The molecule has 162 valence electrons. The number of anilines is 1. The Kier molecular flexibility index (Phi) is 8.86. The molecular weight excluding hydrogens is 417 g/mol. The summed E-state index contributed by atoms with van der Waals surface area (Å²) < 4.78 is 39.8. The molecule has 9 heteroatoms. The summed E-state index contributed by atoms with van der Waals surface area (Å²) in [6.45, 7) is 4.94. The molecule has 0 saturated carbocycles. The lowest BCUT2D eigenvalue weighted by Gasteiger charge is -2.21. The number of halogens is 4. The van der Waals surface area contributed by atoms with Crippen LogP contribution in [0.2, 0.25) is 5.02 Å². The van der Waals surface area contributed by atoms with E-state index in [-0.39, 0.29) is 22.3 Å². The van der Waals surface area contributed by atoms with Crippen molar-refractivity contribution in [1.29, 1.82) is 0 Å². The first kappa shape index (κ1) is 23.4. The zero-order valence-corrected chi connectivity index (χ0v) is 17.3. The summed E-state index contributed by atoms with van der Waals surface area (Å²) in [5, 5.41) is 6.88. The van der Waals surface area contributed by atoms with Gasteiger partial charge in [-0.3, -0.25) is 0 Å². The summed E-state index contributed by atoms with van der Waals surface area (Å²) in [5.41, 5.74) is 5.63. The first-order valence-electron chi connectivity index (χ1n) is 9.23. The first-order valence-corrected chi connectivity index (χ1v) is 9.61. The molecule has 2 aromatic rings. The van der Waals surface area contributed by atoms with Gasteiger partial charge in [-0.25, -0.2) is 13.2 Å². The fourth-order valence-corrected chi connectivity index (χ4v) is 3.32. The van der Waals surface area contributed by atoms with E-state index in [2.05, 4.69) is 22.8 Å². The maximum atomic E-state index is 13.8. The van der Waals surface area contributed by atoms with Crippen LogP contribution in [0.4, 0.5) is 18.9 Å². The molecule has 2 heterocycles. The first-order chi connectivity index (χ1) is 14.4. The molecule has 1 atom stereocenters. The molecular formula is C21H24ClF3N4O. The summed E-state index contributed by atoms with van der Waals surface area (Å²) in [6, 6.07) is 8.52. The number of nitrogens with two attached hydrogens (primary N) is 1. The van der Waals surface area contributed by atoms with Crippen LogP contribution in [-0.4, -0.2) is 37.5 Å². The molecule has 1 saturated heterocycles. The van der Waals surface area contributed by atoms with Gasteiger partial charge in [-0.05, 0) is 42.6 Å². The Morgan fingerprint density at radius 1 is 1.23 bits per heavy atom. The van der Waals surface area contributed by atoms with Crippen molar-refractivity contribution in [2.45, 2.75) is 12.3 Å². The van der Waals surface area contributed by atoms with Crippen molar-refractivity contribution < 1.29 is 18.0 Å². The van der Waals surface area contributed by atoms with Crippen LogP contribution in [0.5, 0.6) is 0 Å². The van der Waals surface area contributed by atoms with Gasteiger partial charge in [-0.1, -0.05) is 23.3 Å². The number of benzene rings is 2. The highest BCUT2D eigenvalue weighted by atomic mass is 35.5. The second kappa shape index (κ2) is 11.3. The van der Waals surface area contributed by atoms with Crippen molar-refractivity contribution in [2.75, 3.05) is 32.1 Å². The molecule has 2 aromatic carbocycles. The van der Waals surface area contributed by atoms with E-state index >= 15 is 0 Å². The molecule has 0 aromatic heterocycles. The van der Waals surface area contributed by atoms with E-state index in [4.69, 9.17) is 16.4 Å². The number of nitrogens with one attached hydrogen (secondary N) is 1. The molecule has 2 aliphatic heterocycles. The van der Waals surface area contributed by atoms with Crippen LogP contribution in [0.3, 0.4) is 0 Å². The number of hydrogen-bond acceptors (Lipinski definition) is 5. The average Bonchev–Trinajstić information content (AvgIpc) is 3.12. The van der Waals surface area contributed by atoms with E-state index in [0.717, 1.165) is 23.7 Å². The van der Waals surface area contributed by atoms with Crippen LogP contribution >= 0.6 is 11.6 Å². The molecule has 0 radical (unpaired) electrons. The van der Waals surface area contributed by atoms with Gasteiger partial charge in [0.15, 0.2) is 0 Å². The largest absolute Gasteiger partial charge is 0.405 e. The van der Waals surface area contributed by atoms with E-state index in [0.29, 0.717) is 26.1 Å². The summed E-state index contributed by atoms with van der Waals surface area (Å²) in [6.07, 6.45) is 1.75. The molecule has 1 fully saturated rings. The van der Waals surface area contributed by atoms with Crippen molar-refractivity contribution in [3.8, 4) is 0 Å². The molecule has 2 aliphatic rings. The Balaban J connectivity index is 0.000000224. The Labute approximate surface area is 178 Å². The second-order valence-electron chi connectivity index (χ2n) is 6.46. The quantitative estimate of drug-likeness (QED) is 0.710. The van der Waals surface area contributed by atoms with Crippen LogP contribution in [0.15, 0.2) is 54.3 Å². The Bertz CT molecular complexity index is 854. The summed E-state index contributed by atoms with van der Waals surface area (Å²) in [4.78, 5) is 6.99. The summed E-state index contributed by atoms with van der Waals surface area (Å²) in [5.74, 6) is -0.852. The highest BCUT2D eigenvalue weighted by Gasteiger charge is 2.34. The predicted molar refractivity (Wildman–Crippen MR) is 114 cm³/mol. The number of nitrogens with zero attached hydrogens (tertiary/aromatic N) is 2. The number of oxime groups is 1. The number of fused-ring (bicyclic) bond motifs is 1. The summed E-state index contributed by atoms with van der Waals surface area (Å²) in [7, 11) is 1.80. The van der Waals surface area contributed by atoms with Crippen molar-refractivity contribution in [2.24, 2.45) is 10.9 Å². The molecule has 0 amide bonds. The second-order valence-corrected chi connectivity index (χ2v) is 6.90. The molecule has 5 nitrogen and oxygen atoms in total. The molecule has 4 rings (SSSR count). The zero-order valence-electron chi connectivity index (χ0n) is 16.5. The van der Waals surface area contributed by atoms with Crippen molar-refractivity contribution >= 4 is 23.1 Å². The van der Waals surface area contributed by atoms with E-state index in [1.54, 1.807) is 19.2 Å². The topological polar surface area (TPSA) is 62.9 Å². The predicted octanol–water partition coefficient (Wildman–Crippen LogP) is 4.71. The number of amidine groups is 1. The normalized spacial score (nSPS) is 16.6. The van der Waals surface area contributed by atoms with Gasteiger partial charge in [0.25, 0.3) is 0 Å². The van der Waals surface area contributed by atoms with Crippen LogP contribution in [-0.2, 0) is 4.84 Å². The van der Waals surface area contributed by atoms with Gasteiger partial charge in [-0.15, -0.1) is 0 Å². The van der Waals surface area contributed by atoms with Gasteiger partial charge in [0, 0.05) is 42.2 Å². The summed E-state index contributed by atoms with van der Waals surface area (Å²) >= 11 is 5.62. The van der Waals surface area contributed by atoms with E-state index in [1.807, 2.05) is 4.90 Å². The molecule has 3 N–H and O–H groups in total. The number of hydrogen-bond donors (Lipinski definition) is 2. The van der Waals surface area contributed by atoms with Crippen LogP contribution in [0, 0.1) is 17.5 Å². The SMILES string of the molecule is C=CN.CNc1ccc(F)cc1.Fc1cc(Cl)cc(F)c1C1CC2=NOCCN2C1. The molecule has 1 unspecified atom stereocenters. The van der Waals surface area contributed by atoms with Gasteiger partial charge in [0.05, 0.1) is 6.54 Å². The fraction of sp³-hybridized carbons (Fsp3) is 0.286. The van der Waals surface area contributed by atoms with Gasteiger partial charge < -0.3 is 20.8 Å². The van der Waals surface area contributed by atoms with Gasteiger partial charge in [0.1, 0.15) is 29.9 Å². The lowest BCUT2D eigenvalue weighted by atomic mass is 9.97. The third-order valence-electron chi connectivity index (χ3n) is 4.44. The minimum Gasteiger partial charge on any atom is -0.405 e. The highest BCUT2D eigenvalue weighted by Crippen LogP contribution is 2.34. The van der Waals surface area contributed by atoms with Gasteiger partial charge in [-0.2, -0.15) is 0 Å². The molecule has 0 spiro atoms. The molecule has 0 bridgehead atoms. The Morgan fingerprint density at radius 3 is 2.37 bits per heavy atom. The standard InChI is InChI=1S/C12H11ClF2N2O.C7H8FN.C2H5N/c13-8-4-9(14)12(10(15)5-8)7-3-11-16-18-2-1-17(11)6-7;1-9-7-4-2-6(8)3-5-7;1-2-3/h4-5,7H,1-3,6H2;2-5,9H,1H3;2H,1,3H2. The van der Waals surface area contributed by atoms with Gasteiger partial charge in [0.2, 0.25) is 0 Å². The third-order valence-corrected chi connectivity index (χ3v) is 4.66. The van der Waals surface area contributed by atoms with Gasteiger partial charge >= 0.3 is 0 Å². The third kappa shape index (κ3) is 6.32. The highest BCUT2D eigenvalue weighted by molar-refractivity contribution is 6.30. The lowest BCUT2D eigenvalue weighted by molar-refractivity contribution is 0.106.